The first-order valence-electron chi connectivity index (χ1n) is 7.13. The maximum Gasteiger partial charge on any atom is 0.264 e. The third kappa shape index (κ3) is 3.52. The van der Waals surface area contributed by atoms with E-state index in [1.54, 1.807) is 28.0 Å². The Morgan fingerprint density at radius 1 is 0.957 bits per heavy atom. The zero-order chi connectivity index (χ0) is 16.4. The van der Waals surface area contributed by atoms with Crippen LogP contribution in [0, 0.1) is 0 Å². The van der Waals surface area contributed by atoms with Crippen LogP contribution in [-0.2, 0) is 0 Å². The summed E-state index contributed by atoms with van der Waals surface area (Å²) in [6.07, 6.45) is 0. The second kappa shape index (κ2) is 6.91. The SMILES string of the molecule is O=C(c1cccs1)N1CCN(C(=O)c2cc(Cl)ccc2Cl)CC1. The lowest BCUT2D eigenvalue weighted by Crippen LogP contribution is -2.50. The van der Waals surface area contributed by atoms with E-state index >= 15 is 0 Å². The molecular formula is C16H14Cl2N2O2S. The molecule has 3 rings (SSSR count). The van der Waals surface area contributed by atoms with Gasteiger partial charge in [-0.25, -0.2) is 0 Å². The Hall–Kier alpha value is -1.56. The van der Waals surface area contributed by atoms with Gasteiger partial charge in [0.1, 0.15) is 0 Å². The van der Waals surface area contributed by atoms with Crippen molar-refractivity contribution >= 4 is 46.4 Å². The minimum Gasteiger partial charge on any atom is -0.335 e. The van der Waals surface area contributed by atoms with Gasteiger partial charge in [0.25, 0.3) is 11.8 Å². The molecule has 1 aromatic carbocycles. The Labute approximate surface area is 148 Å². The average molecular weight is 369 g/mol. The molecule has 4 nitrogen and oxygen atoms in total. The first-order valence-corrected chi connectivity index (χ1v) is 8.77. The molecule has 2 heterocycles. The third-order valence-electron chi connectivity index (χ3n) is 3.74. The molecule has 1 aliphatic rings. The van der Waals surface area contributed by atoms with Crippen molar-refractivity contribution in [1.82, 2.24) is 9.80 Å². The van der Waals surface area contributed by atoms with Gasteiger partial charge in [0.05, 0.1) is 15.5 Å². The van der Waals surface area contributed by atoms with Gasteiger partial charge < -0.3 is 9.80 Å². The molecule has 2 aromatic rings. The molecule has 1 fully saturated rings. The highest BCUT2D eigenvalue weighted by Gasteiger charge is 2.26. The van der Waals surface area contributed by atoms with Gasteiger partial charge in [-0.15, -0.1) is 11.3 Å². The highest BCUT2D eigenvalue weighted by Crippen LogP contribution is 2.23. The first kappa shape index (κ1) is 16.3. The van der Waals surface area contributed by atoms with Crippen LogP contribution < -0.4 is 0 Å². The fourth-order valence-corrected chi connectivity index (χ4v) is 3.56. The Kier molecular flexibility index (Phi) is 4.90. The molecule has 1 aliphatic heterocycles. The van der Waals surface area contributed by atoms with Crippen LogP contribution in [-0.4, -0.2) is 47.8 Å². The molecule has 120 valence electrons. The van der Waals surface area contributed by atoms with Gasteiger partial charge in [-0.3, -0.25) is 9.59 Å². The van der Waals surface area contributed by atoms with Crippen LogP contribution in [0.3, 0.4) is 0 Å². The fourth-order valence-electron chi connectivity index (χ4n) is 2.50. The molecule has 1 aromatic heterocycles. The number of halogens is 2. The Morgan fingerprint density at radius 2 is 1.61 bits per heavy atom. The zero-order valence-corrected chi connectivity index (χ0v) is 14.5. The molecule has 0 bridgehead atoms. The summed E-state index contributed by atoms with van der Waals surface area (Å²) in [6, 6.07) is 8.52. The maximum absolute atomic E-state index is 12.6. The number of thiophene rings is 1. The predicted molar refractivity (Wildman–Crippen MR) is 92.6 cm³/mol. The van der Waals surface area contributed by atoms with E-state index in [4.69, 9.17) is 23.2 Å². The van der Waals surface area contributed by atoms with Gasteiger partial charge in [0.2, 0.25) is 0 Å². The second-order valence-corrected chi connectivity index (χ2v) is 6.98. The lowest BCUT2D eigenvalue weighted by atomic mass is 10.1. The van der Waals surface area contributed by atoms with Crippen molar-refractivity contribution in [1.29, 1.82) is 0 Å². The topological polar surface area (TPSA) is 40.6 Å². The molecule has 0 radical (unpaired) electrons. The minimum atomic E-state index is -0.152. The van der Waals surface area contributed by atoms with Crippen LogP contribution in [0.25, 0.3) is 0 Å². The smallest absolute Gasteiger partial charge is 0.264 e. The van der Waals surface area contributed by atoms with E-state index in [0.29, 0.717) is 41.8 Å². The molecule has 0 atom stereocenters. The van der Waals surface area contributed by atoms with Crippen molar-refractivity contribution in [3.63, 3.8) is 0 Å². The number of nitrogens with zero attached hydrogens (tertiary/aromatic N) is 2. The van der Waals surface area contributed by atoms with Crippen LogP contribution in [0.15, 0.2) is 35.7 Å². The van der Waals surface area contributed by atoms with Crippen molar-refractivity contribution in [2.24, 2.45) is 0 Å². The highest BCUT2D eigenvalue weighted by molar-refractivity contribution is 7.12. The number of carbonyl (C=O) groups is 2. The third-order valence-corrected chi connectivity index (χ3v) is 5.17. The summed E-state index contributed by atoms with van der Waals surface area (Å²) in [7, 11) is 0. The molecule has 0 aliphatic carbocycles. The first-order chi connectivity index (χ1) is 11.1. The lowest BCUT2D eigenvalue weighted by Gasteiger charge is -2.34. The number of carbonyl (C=O) groups excluding carboxylic acids is 2. The van der Waals surface area contributed by atoms with Crippen molar-refractivity contribution in [2.45, 2.75) is 0 Å². The zero-order valence-electron chi connectivity index (χ0n) is 12.2. The Balaban J connectivity index is 1.66. The van der Waals surface area contributed by atoms with Crippen LogP contribution >= 0.6 is 34.5 Å². The number of hydrogen-bond donors (Lipinski definition) is 0. The van der Waals surface area contributed by atoms with Gasteiger partial charge in [-0.2, -0.15) is 0 Å². The van der Waals surface area contributed by atoms with E-state index < -0.39 is 0 Å². The number of piperazine rings is 1. The Bertz CT molecular complexity index is 726. The summed E-state index contributed by atoms with van der Waals surface area (Å²) < 4.78 is 0. The van der Waals surface area contributed by atoms with Crippen molar-refractivity contribution in [3.8, 4) is 0 Å². The summed E-state index contributed by atoms with van der Waals surface area (Å²) in [5.41, 5.74) is 0.400. The van der Waals surface area contributed by atoms with Crippen molar-refractivity contribution in [3.05, 3.63) is 56.2 Å². The second-order valence-electron chi connectivity index (χ2n) is 5.19. The number of benzene rings is 1. The van der Waals surface area contributed by atoms with Crippen molar-refractivity contribution < 1.29 is 9.59 Å². The number of amides is 2. The number of rotatable bonds is 2. The normalized spacial score (nSPS) is 14.9. The molecular weight excluding hydrogens is 355 g/mol. The number of hydrogen-bond acceptors (Lipinski definition) is 3. The van der Waals surface area contributed by atoms with Gasteiger partial charge in [-0.1, -0.05) is 29.3 Å². The summed E-state index contributed by atoms with van der Waals surface area (Å²) in [5, 5.41) is 2.74. The largest absolute Gasteiger partial charge is 0.335 e. The van der Waals surface area contributed by atoms with E-state index in [2.05, 4.69) is 0 Å². The summed E-state index contributed by atoms with van der Waals surface area (Å²) in [6.45, 7) is 2.00. The average Bonchev–Trinajstić information content (AvgIpc) is 3.10. The predicted octanol–water partition coefficient (Wildman–Crippen LogP) is 3.65. The van der Waals surface area contributed by atoms with E-state index in [1.807, 2.05) is 17.5 Å². The van der Waals surface area contributed by atoms with Crippen LogP contribution in [0.2, 0.25) is 10.0 Å². The van der Waals surface area contributed by atoms with E-state index in [0.717, 1.165) is 4.88 Å². The molecule has 0 unspecified atom stereocenters. The summed E-state index contributed by atoms with van der Waals surface area (Å²) >= 11 is 13.5. The van der Waals surface area contributed by atoms with E-state index in [9.17, 15) is 9.59 Å². The van der Waals surface area contributed by atoms with Crippen LogP contribution in [0.5, 0.6) is 0 Å². The molecule has 0 N–H and O–H groups in total. The monoisotopic (exact) mass is 368 g/mol. The summed E-state index contributed by atoms with van der Waals surface area (Å²) in [4.78, 5) is 29.1. The molecule has 23 heavy (non-hydrogen) atoms. The Morgan fingerprint density at radius 3 is 2.22 bits per heavy atom. The standard InChI is InChI=1S/C16H14Cl2N2O2S/c17-11-3-4-13(18)12(10-11)15(21)19-5-7-20(8-6-19)16(22)14-2-1-9-23-14/h1-4,9-10H,5-8H2. The fraction of sp³-hybridized carbons (Fsp3) is 0.250. The molecule has 0 saturated carbocycles. The molecule has 1 saturated heterocycles. The minimum absolute atomic E-state index is 0.0212. The van der Waals surface area contributed by atoms with E-state index in [-0.39, 0.29) is 11.8 Å². The van der Waals surface area contributed by atoms with Crippen LogP contribution in [0.4, 0.5) is 0 Å². The lowest BCUT2D eigenvalue weighted by molar-refractivity contribution is 0.0538. The van der Waals surface area contributed by atoms with Crippen molar-refractivity contribution in [2.75, 3.05) is 26.2 Å². The van der Waals surface area contributed by atoms with Gasteiger partial charge >= 0.3 is 0 Å². The summed E-state index contributed by atoms with van der Waals surface area (Å²) in [5.74, 6) is -0.131. The van der Waals surface area contributed by atoms with Gasteiger partial charge in [-0.05, 0) is 29.6 Å². The van der Waals surface area contributed by atoms with Gasteiger partial charge in [0, 0.05) is 31.2 Å². The maximum atomic E-state index is 12.6. The molecule has 2 amide bonds. The molecule has 7 heteroatoms. The van der Waals surface area contributed by atoms with Gasteiger partial charge in [0.15, 0.2) is 0 Å². The quantitative estimate of drug-likeness (QED) is 0.811. The molecule has 0 spiro atoms. The van der Waals surface area contributed by atoms with Crippen LogP contribution in [0.1, 0.15) is 20.0 Å². The highest BCUT2D eigenvalue weighted by atomic mass is 35.5. The van der Waals surface area contributed by atoms with E-state index in [1.165, 1.54) is 11.3 Å².